The Labute approximate surface area is 264 Å². The summed E-state index contributed by atoms with van der Waals surface area (Å²) in [5.41, 5.74) is 4.72. The summed E-state index contributed by atoms with van der Waals surface area (Å²) in [6, 6.07) is 16.4. The van der Waals surface area contributed by atoms with E-state index in [0.717, 1.165) is 41.5 Å². The van der Waals surface area contributed by atoms with E-state index in [-0.39, 0.29) is 43.2 Å². The second kappa shape index (κ2) is 11.9. The molecule has 2 aromatic carbocycles. The first-order chi connectivity index (χ1) is 21.5. The first kappa shape index (κ1) is 30.7. The van der Waals surface area contributed by atoms with Crippen molar-refractivity contribution in [2.24, 2.45) is 12.5 Å². The van der Waals surface area contributed by atoms with Gasteiger partial charge in [0.15, 0.2) is 0 Å². The van der Waals surface area contributed by atoms with Gasteiger partial charge < -0.3 is 19.1 Å². The van der Waals surface area contributed by atoms with Crippen LogP contribution in [-0.2, 0) is 27.8 Å². The number of nitrogens with zero attached hydrogens (tertiary/aromatic N) is 4. The predicted octanol–water partition coefficient (Wildman–Crippen LogP) is 6.14. The highest BCUT2D eigenvalue weighted by Gasteiger charge is 2.59. The third-order valence-corrected chi connectivity index (χ3v) is 9.23. The van der Waals surface area contributed by atoms with E-state index in [1.165, 1.54) is 0 Å². The number of piperidine rings is 1. The van der Waals surface area contributed by atoms with Crippen molar-refractivity contribution >= 4 is 18.2 Å². The standard InChI is InChI=1S/C35H42N4O6/c1-6-43-31(40)27-20-37(5)36-29(27)21-39(30-19-35(30)15-17-38(18-16-35)32(41)45-34(2,3)4)33(42)44-22-28-25-13-9-7-11-23(25)24-12-8-10-14-26(24)28/h7-14,20,28,30H,6,15-19,21-22H2,1-5H3. The fourth-order valence-electron chi connectivity index (χ4n) is 6.94. The molecule has 1 aromatic heterocycles. The Morgan fingerprint density at radius 1 is 0.978 bits per heavy atom. The molecule has 2 amide bonds. The van der Waals surface area contributed by atoms with Crippen LogP contribution in [0.15, 0.2) is 54.7 Å². The third kappa shape index (κ3) is 6.15. The molecule has 1 aliphatic heterocycles. The summed E-state index contributed by atoms with van der Waals surface area (Å²) in [6.45, 7) is 9.02. The first-order valence-corrected chi connectivity index (χ1v) is 15.8. The maximum atomic E-state index is 14.0. The first-order valence-electron chi connectivity index (χ1n) is 15.8. The maximum Gasteiger partial charge on any atom is 0.410 e. The predicted molar refractivity (Wildman–Crippen MR) is 168 cm³/mol. The van der Waals surface area contributed by atoms with Crippen LogP contribution in [0.1, 0.15) is 80.1 Å². The molecule has 1 saturated heterocycles. The zero-order valence-corrected chi connectivity index (χ0v) is 26.7. The van der Waals surface area contributed by atoms with Gasteiger partial charge in [-0.1, -0.05) is 48.5 Å². The molecule has 1 saturated carbocycles. The minimum absolute atomic E-state index is 0.0710. The molecule has 3 aliphatic rings. The number of carbonyl (C=O) groups is 3. The van der Waals surface area contributed by atoms with E-state index < -0.39 is 17.7 Å². The SMILES string of the molecule is CCOC(=O)c1cn(C)nc1CN(C(=O)OCC1c2ccccc2-c2ccccc21)C1CC12CCN(C(=O)OC(C)(C)C)CC2. The quantitative estimate of drug-likeness (QED) is 0.233. The second-order valence-corrected chi connectivity index (χ2v) is 13.4. The van der Waals surface area contributed by atoms with Crippen LogP contribution in [0.4, 0.5) is 9.59 Å². The second-order valence-electron chi connectivity index (χ2n) is 13.4. The highest BCUT2D eigenvalue weighted by molar-refractivity contribution is 5.90. The van der Waals surface area contributed by atoms with Gasteiger partial charge in [0.1, 0.15) is 17.8 Å². The summed E-state index contributed by atoms with van der Waals surface area (Å²) in [6.07, 6.45) is 3.17. The average molecular weight is 615 g/mol. The zero-order valence-electron chi connectivity index (χ0n) is 26.7. The van der Waals surface area contributed by atoms with E-state index >= 15 is 0 Å². The van der Waals surface area contributed by atoms with Crippen LogP contribution in [0.25, 0.3) is 11.1 Å². The Morgan fingerprint density at radius 2 is 1.60 bits per heavy atom. The highest BCUT2D eigenvalue weighted by atomic mass is 16.6. The third-order valence-electron chi connectivity index (χ3n) is 9.23. The normalized spacial score (nSPS) is 18.2. The fourth-order valence-corrected chi connectivity index (χ4v) is 6.94. The van der Waals surface area contributed by atoms with Gasteiger partial charge in [0.25, 0.3) is 0 Å². The van der Waals surface area contributed by atoms with Crippen LogP contribution in [-0.4, -0.2) is 75.7 Å². The Hall–Kier alpha value is -4.34. The van der Waals surface area contributed by atoms with Gasteiger partial charge in [-0.25, -0.2) is 14.4 Å². The molecule has 0 N–H and O–H groups in total. The minimum atomic E-state index is -0.561. The topological polar surface area (TPSA) is 103 Å². The smallest absolute Gasteiger partial charge is 0.410 e. The molecular weight excluding hydrogens is 572 g/mol. The highest BCUT2D eigenvalue weighted by Crippen LogP contribution is 2.57. The number of hydrogen-bond donors (Lipinski definition) is 0. The molecule has 0 bridgehead atoms. The van der Waals surface area contributed by atoms with E-state index in [1.807, 2.05) is 45.0 Å². The molecule has 238 valence electrons. The van der Waals surface area contributed by atoms with Gasteiger partial charge in [-0.2, -0.15) is 5.10 Å². The lowest BCUT2D eigenvalue weighted by molar-refractivity contribution is 0.0151. The summed E-state index contributed by atoms with van der Waals surface area (Å²) >= 11 is 0. The van der Waals surface area contributed by atoms with Gasteiger partial charge >= 0.3 is 18.2 Å². The summed E-state index contributed by atoms with van der Waals surface area (Å²) < 4.78 is 18.6. The lowest BCUT2D eigenvalue weighted by atomic mass is 9.92. The molecule has 10 heteroatoms. The largest absolute Gasteiger partial charge is 0.462 e. The lowest BCUT2D eigenvalue weighted by Gasteiger charge is -2.35. The van der Waals surface area contributed by atoms with Crippen LogP contribution < -0.4 is 0 Å². The number of rotatable bonds is 7. The van der Waals surface area contributed by atoms with Crippen molar-refractivity contribution in [2.75, 3.05) is 26.3 Å². The number of fused-ring (bicyclic) bond motifs is 3. The summed E-state index contributed by atoms with van der Waals surface area (Å²) in [5.74, 6) is -0.539. The Balaban J connectivity index is 1.22. The molecule has 2 fully saturated rings. The summed E-state index contributed by atoms with van der Waals surface area (Å²) in [4.78, 5) is 43.0. The number of amides is 2. The van der Waals surface area contributed by atoms with E-state index in [0.29, 0.717) is 24.3 Å². The van der Waals surface area contributed by atoms with Crippen molar-refractivity contribution in [1.29, 1.82) is 0 Å². The van der Waals surface area contributed by atoms with Crippen molar-refractivity contribution in [2.45, 2.75) is 71.1 Å². The van der Waals surface area contributed by atoms with Crippen molar-refractivity contribution in [3.8, 4) is 11.1 Å². The van der Waals surface area contributed by atoms with Crippen LogP contribution in [0, 0.1) is 5.41 Å². The average Bonchev–Trinajstić information content (AvgIpc) is 3.39. The number of ether oxygens (including phenoxy) is 3. The molecule has 2 heterocycles. The monoisotopic (exact) mass is 614 g/mol. The van der Waals surface area contributed by atoms with Crippen LogP contribution >= 0.6 is 0 Å². The number of aromatic nitrogens is 2. The van der Waals surface area contributed by atoms with E-state index in [9.17, 15) is 14.4 Å². The van der Waals surface area contributed by atoms with Crippen molar-refractivity contribution in [1.82, 2.24) is 19.6 Å². The van der Waals surface area contributed by atoms with Crippen LogP contribution in [0.3, 0.4) is 0 Å². The van der Waals surface area contributed by atoms with Crippen molar-refractivity contribution in [3.63, 3.8) is 0 Å². The van der Waals surface area contributed by atoms with Gasteiger partial charge in [0, 0.05) is 38.3 Å². The fraction of sp³-hybridized carbons (Fsp3) is 0.486. The maximum absolute atomic E-state index is 14.0. The Kier molecular flexibility index (Phi) is 8.09. The van der Waals surface area contributed by atoms with E-state index in [2.05, 4.69) is 29.4 Å². The number of benzene rings is 2. The minimum Gasteiger partial charge on any atom is -0.462 e. The molecule has 1 unspecified atom stereocenters. The number of aryl methyl sites for hydroxylation is 1. The molecule has 2 aliphatic carbocycles. The molecule has 1 spiro atoms. The van der Waals surface area contributed by atoms with Gasteiger partial charge in [0.05, 0.1) is 18.8 Å². The Morgan fingerprint density at radius 3 is 2.20 bits per heavy atom. The Bertz CT molecular complexity index is 1550. The van der Waals surface area contributed by atoms with Gasteiger partial charge in [-0.05, 0) is 74.6 Å². The van der Waals surface area contributed by atoms with Crippen LogP contribution in [0.2, 0.25) is 0 Å². The van der Waals surface area contributed by atoms with Gasteiger partial charge in [-0.15, -0.1) is 0 Å². The molecule has 1 atom stereocenters. The number of hydrogen-bond acceptors (Lipinski definition) is 7. The van der Waals surface area contributed by atoms with Crippen molar-refractivity contribution in [3.05, 3.63) is 77.1 Å². The number of esters is 1. The van der Waals surface area contributed by atoms with Gasteiger partial charge in [-0.3, -0.25) is 9.58 Å². The van der Waals surface area contributed by atoms with Crippen LogP contribution in [0.5, 0.6) is 0 Å². The number of likely N-dealkylation sites (tertiary alicyclic amines) is 1. The molecule has 3 aromatic rings. The molecular formula is C35H42N4O6. The van der Waals surface area contributed by atoms with Crippen molar-refractivity contribution < 1.29 is 28.6 Å². The number of carbonyl (C=O) groups excluding carboxylic acids is 3. The van der Waals surface area contributed by atoms with E-state index in [1.54, 1.807) is 34.6 Å². The van der Waals surface area contributed by atoms with E-state index in [4.69, 9.17) is 14.2 Å². The lowest BCUT2D eigenvalue weighted by Crippen LogP contribution is -2.44. The molecule has 0 radical (unpaired) electrons. The molecule has 6 rings (SSSR count). The zero-order chi connectivity index (χ0) is 31.9. The summed E-state index contributed by atoms with van der Waals surface area (Å²) in [5, 5.41) is 4.54. The summed E-state index contributed by atoms with van der Waals surface area (Å²) in [7, 11) is 1.74. The molecule has 10 nitrogen and oxygen atoms in total. The van der Waals surface area contributed by atoms with Gasteiger partial charge in [0.2, 0.25) is 0 Å². The molecule has 45 heavy (non-hydrogen) atoms.